The summed E-state index contributed by atoms with van der Waals surface area (Å²) in [5.41, 5.74) is 5.98. The maximum atomic E-state index is 14.7. The van der Waals surface area contributed by atoms with Crippen molar-refractivity contribution < 1.29 is 14.0 Å². The predicted molar refractivity (Wildman–Crippen MR) is 149 cm³/mol. The van der Waals surface area contributed by atoms with Crippen molar-refractivity contribution in [2.24, 2.45) is 0 Å². The molecule has 2 N–H and O–H groups in total. The molecule has 0 bridgehead atoms. The molecule has 2 heterocycles. The molecule has 4 aromatic rings. The number of hydrogen-bond acceptors (Lipinski definition) is 2. The van der Waals surface area contributed by atoms with Crippen molar-refractivity contribution >= 4 is 22.7 Å². The highest BCUT2D eigenvalue weighted by molar-refractivity contribution is 5.92. The van der Waals surface area contributed by atoms with E-state index in [9.17, 15) is 14.0 Å². The first-order valence-electron chi connectivity index (χ1n) is 13.3. The topological polar surface area (TPSA) is 65.2 Å². The van der Waals surface area contributed by atoms with Gasteiger partial charge in [-0.25, -0.2) is 4.39 Å². The molecule has 6 heteroatoms. The number of nitrogens with zero attached hydrogens (tertiary/aromatic N) is 1. The predicted octanol–water partition coefficient (Wildman–Crippen LogP) is 5.99. The second-order valence-corrected chi connectivity index (χ2v) is 10.6. The zero-order valence-corrected chi connectivity index (χ0v) is 22.1. The number of aromatic nitrogens is 1. The number of rotatable bonds is 7. The molecule has 0 spiro atoms. The summed E-state index contributed by atoms with van der Waals surface area (Å²) >= 11 is 0. The molecule has 5 rings (SSSR count). The van der Waals surface area contributed by atoms with Crippen LogP contribution in [0.1, 0.15) is 60.0 Å². The Morgan fingerprint density at radius 1 is 1.00 bits per heavy atom. The van der Waals surface area contributed by atoms with Gasteiger partial charge in [-0.05, 0) is 47.2 Å². The van der Waals surface area contributed by atoms with E-state index in [1.54, 1.807) is 0 Å². The number of carbonyl (C=O) groups is 2. The zero-order chi connectivity index (χ0) is 26.8. The van der Waals surface area contributed by atoms with E-state index in [0.717, 1.165) is 33.2 Å². The van der Waals surface area contributed by atoms with Gasteiger partial charge < -0.3 is 15.2 Å². The van der Waals surface area contributed by atoms with Gasteiger partial charge in [-0.1, -0.05) is 80.1 Å². The summed E-state index contributed by atoms with van der Waals surface area (Å²) in [7, 11) is 0. The van der Waals surface area contributed by atoms with E-state index in [4.69, 9.17) is 0 Å². The van der Waals surface area contributed by atoms with Crippen molar-refractivity contribution in [3.8, 4) is 0 Å². The van der Waals surface area contributed by atoms with Crippen LogP contribution < -0.4 is 5.32 Å². The van der Waals surface area contributed by atoms with Crippen molar-refractivity contribution in [3.05, 3.63) is 107 Å². The molecule has 2 amide bonds. The minimum absolute atomic E-state index is 0.00162. The molecule has 0 saturated carbocycles. The van der Waals surface area contributed by atoms with Gasteiger partial charge in [-0.2, -0.15) is 0 Å². The van der Waals surface area contributed by atoms with E-state index in [-0.39, 0.29) is 31.2 Å². The number of nitrogens with one attached hydrogen (secondary N) is 2. The lowest BCUT2D eigenvalue weighted by Crippen LogP contribution is -2.47. The Bertz CT molecular complexity index is 1430. The van der Waals surface area contributed by atoms with Crippen LogP contribution >= 0.6 is 0 Å². The Morgan fingerprint density at radius 3 is 2.39 bits per heavy atom. The van der Waals surface area contributed by atoms with E-state index in [1.165, 1.54) is 10.5 Å². The second-order valence-electron chi connectivity index (χ2n) is 10.6. The Hall–Kier alpha value is -3.93. The Balaban J connectivity index is 1.37. The van der Waals surface area contributed by atoms with Gasteiger partial charge in [0, 0.05) is 23.5 Å². The molecule has 0 aliphatic carbocycles. The zero-order valence-electron chi connectivity index (χ0n) is 22.1. The van der Waals surface area contributed by atoms with Gasteiger partial charge in [0.1, 0.15) is 12.2 Å². The summed E-state index contributed by atoms with van der Waals surface area (Å²) in [6.45, 7) is 6.22. The SMILES string of the molecule is Cc1ccc2[nH]cc(CC(=O)N3C[C@H](F)C[C@H]3C(=O)N[C@@H](c3ccccc3)c3ccc(C(C)C)cc3)c2c1. The van der Waals surface area contributed by atoms with E-state index < -0.39 is 18.3 Å². The van der Waals surface area contributed by atoms with Crippen LogP contribution in [0.4, 0.5) is 4.39 Å². The van der Waals surface area contributed by atoms with Crippen molar-refractivity contribution in [2.75, 3.05) is 6.54 Å². The highest BCUT2D eigenvalue weighted by Crippen LogP contribution is 2.28. The minimum Gasteiger partial charge on any atom is -0.361 e. The van der Waals surface area contributed by atoms with E-state index in [2.05, 4.69) is 36.3 Å². The van der Waals surface area contributed by atoms with Gasteiger partial charge in [0.05, 0.1) is 19.0 Å². The molecule has 38 heavy (non-hydrogen) atoms. The van der Waals surface area contributed by atoms with Gasteiger partial charge in [0.25, 0.3) is 0 Å². The molecule has 5 nitrogen and oxygen atoms in total. The molecule has 3 atom stereocenters. The summed E-state index contributed by atoms with van der Waals surface area (Å²) in [5.74, 6) is -0.185. The minimum atomic E-state index is -1.24. The molecule has 1 aliphatic heterocycles. The Morgan fingerprint density at radius 2 is 1.68 bits per heavy atom. The monoisotopic (exact) mass is 511 g/mol. The highest BCUT2D eigenvalue weighted by atomic mass is 19.1. The van der Waals surface area contributed by atoms with Gasteiger partial charge in [-0.3, -0.25) is 9.59 Å². The summed E-state index contributed by atoms with van der Waals surface area (Å²) in [6.07, 6.45) is 0.698. The van der Waals surface area contributed by atoms with Crippen LogP contribution in [0.3, 0.4) is 0 Å². The molecule has 1 aliphatic rings. The lowest BCUT2D eigenvalue weighted by molar-refractivity contribution is -0.138. The average molecular weight is 512 g/mol. The van der Waals surface area contributed by atoms with E-state index in [0.29, 0.717) is 5.92 Å². The summed E-state index contributed by atoms with van der Waals surface area (Å²) in [6, 6.07) is 22.7. The van der Waals surface area contributed by atoms with Crippen LogP contribution in [0, 0.1) is 6.92 Å². The number of hydrogen-bond donors (Lipinski definition) is 2. The van der Waals surface area contributed by atoms with Crippen LogP contribution in [0.15, 0.2) is 79.0 Å². The van der Waals surface area contributed by atoms with Crippen molar-refractivity contribution in [2.45, 2.75) is 57.8 Å². The van der Waals surface area contributed by atoms with Gasteiger partial charge in [0.2, 0.25) is 11.8 Å². The van der Waals surface area contributed by atoms with Gasteiger partial charge in [-0.15, -0.1) is 0 Å². The van der Waals surface area contributed by atoms with Crippen LogP contribution in [-0.2, 0) is 16.0 Å². The number of alkyl halides is 1. The fourth-order valence-corrected chi connectivity index (χ4v) is 5.33. The highest BCUT2D eigenvalue weighted by Gasteiger charge is 2.40. The third kappa shape index (κ3) is 5.35. The summed E-state index contributed by atoms with van der Waals surface area (Å²) < 4.78 is 14.7. The first kappa shape index (κ1) is 25.7. The fourth-order valence-electron chi connectivity index (χ4n) is 5.33. The molecule has 196 valence electrons. The maximum Gasteiger partial charge on any atom is 0.243 e. The molecule has 3 aromatic carbocycles. The Labute approximate surface area is 223 Å². The quantitative estimate of drug-likeness (QED) is 0.320. The first-order chi connectivity index (χ1) is 18.3. The fraction of sp³-hybridized carbons (Fsp3) is 0.312. The molecular formula is C32H34FN3O2. The van der Waals surface area contributed by atoms with Crippen molar-refractivity contribution in [1.82, 2.24) is 15.2 Å². The van der Waals surface area contributed by atoms with Crippen LogP contribution in [0.5, 0.6) is 0 Å². The van der Waals surface area contributed by atoms with Crippen LogP contribution in [0.2, 0.25) is 0 Å². The molecule has 1 saturated heterocycles. The molecule has 1 fully saturated rings. The number of fused-ring (bicyclic) bond motifs is 1. The third-order valence-electron chi connectivity index (χ3n) is 7.49. The maximum absolute atomic E-state index is 14.7. The molecule has 0 unspecified atom stereocenters. The smallest absolute Gasteiger partial charge is 0.243 e. The van der Waals surface area contributed by atoms with E-state index in [1.807, 2.05) is 73.8 Å². The number of benzene rings is 3. The molecular weight excluding hydrogens is 477 g/mol. The van der Waals surface area contributed by atoms with Gasteiger partial charge >= 0.3 is 0 Å². The largest absolute Gasteiger partial charge is 0.361 e. The van der Waals surface area contributed by atoms with Gasteiger partial charge in [0.15, 0.2) is 0 Å². The van der Waals surface area contributed by atoms with Crippen molar-refractivity contribution in [3.63, 3.8) is 0 Å². The molecule has 1 aromatic heterocycles. The van der Waals surface area contributed by atoms with Crippen molar-refractivity contribution in [1.29, 1.82) is 0 Å². The summed E-state index contributed by atoms with van der Waals surface area (Å²) in [4.78, 5) is 31.6. The third-order valence-corrected chi connectivity index (χ3v) is 7.49. The summed E-state index contributed by atoms with van der Waals surface area (Å²) in [5, 5.41) is 4.11. The first-order valence-corrected chi connectivity index (χ1v) is 13.3. The lowest BCUT2D eigenvalue weighted by Gasteiger charge is -2.27. The number of aryl methyl sites for hydroxylation is 1. The van der Waals surface area contributed by atoms with E-state index >= 15 is 0 Å². The standard InChI is InChI=1S/C32H34FN3O2/c1-20(2)22-10-12-24(13-11-22)31(23-7-5-4-6-8-23)35-32(38)29-17-26(33)19-36(29)30(37)16-25-18-34-28-14-9-21(3)15-27(25)28/h4-15,18,20,26,29,31,34H,16-17,19H2,1-3H3,(H,35,38)/t26-,29+,31+/m1/s1. The number of H-pyrrole nitrogens is 1. The Kier molecular flexibility index (Phi) is 7.32. The average Bonchev–Trinajstić information content (AvgIpc) is 3.50. The van der Waals surface area contributed by atoms with Crippen LogP contribution in [-0.4, -0.2) is 40.5 Å². The lowest BCUT2D eigenvalue weighted by atomic mass is 9.95. The number of likely N-dealkylation sites (tertiary alicyclic amines) is 1. The van der Waals surface area contributed by atoms with Crippen LogP contribution in [0.25, 0.3) is 10.9 Å². The number of amides is 2. The second kappa shape index (κ2) is 10.8. The number of halogens is 1. The number of carbonyl (C=O) groups excluding carboxylic acids is 2. The normalized spacial score (nSPS) is 18.2. The molecule has 0 radical (unpaired) electrons. The number of aromatic amines is 1.